The molecule has 0 aliphatic carbocycles. The Kier molecular flexibility index (Phi) is 5.64. The van der Waals surface area contributed by atoms with Crippen molar-refractivity contribution in [1.29, 1.82) is 0 Å². The summed E-state index contributed by atoms with van der Waals surface area (Å²) in [5.41, 5.74) is 0.825. The van der Waals surface area contributed by atoms with Crippen molar-refractivity contribution in [2.45, 2.75) is 12.5 Å². The smallest absolute Gasteiger partial charge is 0.326 e. The zero-order valence-electron chi connectivity index (χ0n) is 12.3. The first kappa shape index (κ1) is 17.6. The first-order valence-electron chi connectivity index (χ1n) is 6.89. The van der Waals surface area contributed by atoms with Gasteiger partial charge < -0.3 is 10.4 Å². The summed E-state index contributed by atoms with van der Waals surface area (Å²) in [6.45, 7) is 0. The third-order valence-corrected chi connectivity index (χ3v) is 3.77. The number of aliphatic carboxylic acids is 1. The number of hydrogen-bond donors (Lipinski definition) is 2. The first-order chi connectivity index (χ1) is 11.4. The van der Waals surface area contributed by atoms with Gasteiger partial charge >= 0.3 is 5.97 Å². The summed E-state index contributed by atoms with van der Waals surface area (Å²) in [6.07, 6.45) is 0.0209. The Morgan fingerprint density at radius 2 is 1.88 bits per heavy atom. The van der Waals surface area contributed by atoms with Gasteiger partial charge in [0, 0.05) is 28.6 Å². The van der Waals surface area contributed by atoms with E-state index in [4.69, 9.17) is 0 Å². The lowest BCUT2D eigenvalue weighted by atomic mass is 10.0. The van der Waals surface area contributed by atoms with Crippen LogP contribution in [0.15, 0.2) is 53.0 Å². The van der Waals surface area contributed by atoms with Gasteiger partial charge in [-0.1, -0.05) is 34.1 Å². The van der Waals surface area contributed by atoms with Gasteiger partial charge in [0.05, 0.1) is 4.92 Å². The molecule has 1 amide bonds. The predicted molar refractivity (Wildman–Crippen MR) is 89.8 cm³/mol. The average molecular weight is 393 g/mol. The number of carbonyl (C=O) groups is 2. The number of nitrogens with one attached hydrogen (secondary N) is 1. The second-order valence-electron chi connectivity index (χ2n) is 5.00. The Labute approximate surface area is 145 Å². The molecule has 2 N–H and O–H groups in total. The number of carboxylic acids is 1. The molecule has 0 bridgehead atoms. The Bertz CT molecular complexity index is 776. The molecule has 1 atom stereocenters. The summed E-state index contributed by atoms with van der Waals surface area (Å²) in [4.78, 5) is 33.6. The van der Waals surface area contributed by atoms with Crippen LogP contribution in [0, 0.1) is 10.1 Å². The number of amides is 1. The molecule has 8 heteroatoms. The van der Waals surface area contributed by atoms with E-state index < -0.39 is 22.8 Å². The largest absolute Gasteiger partial charge is 0.480 e. The van der Waals surface area contributed by atoms with E-state index >= 15 is 0 Å². The van der Waals surface area contributed by atoms with Gasteiger partial charge in [-0.05, 0) is 23.8 Å². The fourth-order valence-corrected chi connectivity index (χ4v) is 2.46. The number of nitro benzene ring substituents is 1. The van der Waals surface area contributed by atoms with E-state index in [9.17, 15) is 24.8 Å². The predicted octanol–water partition coefficient (Wildman–Crippen LogP) is 2.78. The van der Waals surface area contributed by atoms with E-state index in [1.165, 1.54) is 24.3 Å². The van der Waals surface area contributed by atoms with Crippen LogP contribution in [0.5, 0.6) is 0 Å². The summed E-state index contributed by atoms with van der Waals surface area (Å²) in [5, 5.41) is 22.4. The van der Waals surface area contributed by atoms with Crippen LogP contribution in [0.25, 0.3) is 0 Å². The van der Waals surface area contributed by atoms with E-state index in [1.54, 1.807) is 24.3 Å². The molecular formula is C16H13BrN2O5. The highest BCUT2D eigenvalue weighted by molar-refractivity contribution is 9.10. The Balaban J connectivity index is 2.10. The van der Waals surface area contributed by atoms with Crippen LogP contribution in [0.3, 0.4) is 0 Å². The van der Waals surface area contributed by atoms with Crippen molar-refractivity contribution in [3.8, 4) is 0 Å². The number of hydrogen-bond acceptors (Lipinski definition) is 4. The van der Waals surface area contributed by atoms with Crippen LogP contribution in [0.4, 0.5) is 5.69 Å². The second kappa shape index (κ2) is 7.69. The zero-order valence-corrected chi connectivity index (χ0v) is 13.9. The molecule has 0 aromatic heterocycles. The monoisotopic (exact) mass is 392 g/mol. The van der Waals surface area contributed by atoms with Crippen LogP contribution in [-0.2, 0) is 11.2 Å². The van der Waals surface area contributed by atoms with Crippen molar-refractivity contribution in [1.82, 2.24) is 5.32 Å². The van der Waals surface area contributed by atoms with Gasteiger partial charge in [0.25, 0.3) is 11.6 Å². The van der Waals surface area contributed by atoms with Crippen molar-refractivity contribution in [3.05, 3.63) is 74.2 Å². The van der Waals surface area contributed by atoms with E-state index in [1.807, 2.05) is 0 Å². The minimum absolute atomic E-state index is 0.0209. The fraction of sp³-hybridized carbons (Fsp3) is 0.125. The summed E-state index contributed by atoms with van der Waals surface area (Å²) in [5.74, 6) is -1.69. The number of nitro groups is 1. The molecule has 0 fully saturated rings. The number of non-ortho nitro benzene ring substituents is 1. The highest BCUT2D eigenvalue weighted by Crippen LogP contribution is 2.14. The van der Waals surface area contributed by atoms with Gasteiger partial charge in [0.15, 0.2) is 0 Å². The lowest BCUT2D eigenvalue weighted by molar-refractivity contribution is -0.384. The minimum Gasteiger partial charge on any atom is -0.480 e. The summed E-state index contributed by atoms with van der Waals surface area (Å²) < 4.78 is 0.706. The van der Waals surface area contributed by atoms with Crippen molar-refractivity contribution >= 4 is 33.5 Å². The molecule has 24 heavy (non-hydrogen) atoms. The number of carbonyl (C=O) groups excluding carboxylic acids is 1. The third kappa shape index (κ3) is 4.63. The van der Waals surface area contributed by atoms with Crippen LogP contribution in [0.1, 0.15) is 15.9 Å². The van der Waals surface area contributed by atoms with Crippen molar-refractivity contribution in [3.63, 3.8) is 0 Å². The van der Waals surface area contributed by atoms with Crippen LogP contribution < -0.4 is 5.32 Å². The molecule has 2 rings (SSSR count). The van der Waals surface area contributed by atoms with E-state index in [0.717, 1.165) is 0 Å². The normalized spacial score (nSPS) is 11.5. The molecule has 0 saturated carbocycles. The van der Waals surface area contributed by atoms with Gasteiger partial charge in [0.1, 0.15) is 6.04 Å². The van der Waals surface area contributed by atoms with Crippen LogP contribution >= 0.6 is 15.9 Å². The lowest BCUT2D eigenvalue weighted by Crippen LogP contribution is -2.42. The molecule has 2 aromatic rings. The molecule has 2 aromatic carbocycles. The number of nitrogens with zero attached hydrogens (tertiary/aromatic N) is 1. The summed E-state index contributed by atoms with van der Waals surface area (Å²) in [6, 6.07) is 11.0. The number of carboxylic acid groups (broad SMARTS) is 1. The van der Waals surface area contributed by atoms with E-state index in [-0.39, 0.29) is 12.1 Å². The highest BCUT2D eigenvalue weighted by Gasteiger charge is 2.21. The Morgan fingerprint density at radius 3 is 2.42 bits per heavy atom. The lowest BCUT2D eigenvalue weighted by Gasteiger charge is -2.14. The SMILES string of the molecule is O=C(N[C@H](Cc1ccc([N+](=O)[O-])cc1)C(=O)O)c1cccc(Br)c1. The maximum atomic E-state index is 12.2. The van der Waals surface area contributed by atoms with Gasteiger partial charge in [-0.3, -0.25) is 14.9 Å². The molecule has 0 saturated heterocycles. The highest BCUT2D eigenvalue weighted by atomic mass is 79.9. The number of rotatable bonds is 6. The fourth-order valence-electron chi connectivity index (χ4n) is 2.06. The topological polar surface area (TPSA) is 110 Å². The number of benzene rings is 2. The minimum atomic E-state index is -1.18. The molecular weight excluding hydrogens is 380 g/mol. The molecule has 0 aliphatic rings. The number of halogens is 1. The molecule has 124 valence electrons. The standard InChI is InChI=1S/C16H13BrN2O5/c17-12-3-1-2-11(9-12)15(20)18-14(16(21)22)8-10-4-6-13(7-5-10)19(23)24/h1-7,9,14H,8H2,(H,18,20)(H,21,22)/t14-/m1/s1. The van der Waals surface area contributed by atoms with Crippen molar-refractivity contribution in [2.75, 3.05) is 0 Å². The average Bonchev–Trinajstić information content (AvgIpc) is 2.54. The van der Waals surface area contributed by atoms with Crippen LogP contribution in [0.2, 0.25) is 0 Å². The van der Waals surface area contributed by atoms with Crippen molar-refractivity contribution in [2.24, 2.45) is 0 Å². The Hall–Kier alpha value is -2.74. The summed E-state index contributed by atoms with van der Waals surface area (Å²) in [7, 11) is 0. The molecule has 0 unspecified atom stereocenters. The third-order valence-electron chi connectivity index (χ3n) is 3.28. The molecule has 0 aliphatic heterocycles. The van der Waals surface area contributed by atoms with Gasteiger partial charge in [0.2, 0.25) is 0 Å². The molecule has 7 nitrogen and oxygen atoms in total. The molecule has 0 radical (unpaired) electrons. The van der Waals surface area contributed by atoms with Gasteiger partial charge in [-0.2, -0.15) is 0 Å². The quantitative estimate of drug-likeness (QED) is 0.580. The van der Waals surface area contributed by atoms with E-state index in [0.29, 0.717) is 15.6 Å². The first-order valence-corrected chi connectivity index (χ1v) is 7.68. The van der Waals surface area contributed by atoms with Gasteiger partial charge in [-0.15, -0.1) is 0 Å². The second-order valence-corrected chi connectivity index (χ2v) is 5.92. The van der Waals surface area contributed by atoms with E-state index in [2.05, 4.69) is 21.2 Å². The van der Waals surface area contributed by atoms with Crippen LogP contribution in [-0.4, -0.2) is 27.9 Å². The Morgan fingerprint density at radius 1 is 1.21 bits per heavy atom. The maximum Gasteiger partial charge on any atom is 0.326 e. The van der Waals surface area contributed by atoms with Gasteiger partial charge in [-0.25, -0.2) is 4.79 Å². The zero-order chi connectivity index (χ0) is 17.7. The summed E-state index contributed by atoms with van der Waals surface area (Å²) >= 11 is 3.25. The molecule has 0 heterocycles. The maximum absolute atomic E-state index is 12.2. The molecule has 0 spiro atoms. The van der Waals surface area contributed by atoms with Crippen molar-refractivity contribution < 1.29 is 19.6 Å².